The number of esters is 2. The molecule has 1 saturated heterocycles. The summed E-state index contributed by atoms with van der Waals surface area (Å²) in [5, 5.41) is 32.6. The van der Waals surface area contributed by atoms with Crippen LogP contribution in [0.2, 0.25) is 0 Å². The standard InChI is InChI=1S/C23H24O11/c1-9-7-14(32-10(2)24)22(30)23(33-9)18-17(20(28)13(34-23)8-15(26)31-3)19(27)11-5-4-6-12(25)16(11)21(18)29/h4-6,9,13-14,20,22,25,28,30H,7-8H2,1-3H3/t9-,13-,14-,20+,22-,23-/m0/s1. The van der Waals surface area contributed by atoms with Crippen LogP contribution in [0.5, 0.6) is 5.75 Å². The van der Waals surface area contributed by atoms with Crippen molar-refractivity contribution in [1.82, 2.24) is 0 Å². The lowest BCUT2D eigenvalue weighted by molar-refractivity contribution is -0.341. The van der Waals surface area contributed by atoms with Crippen molar-refractivity contribution in [2.24, 2.45) is 0 Å². The molecular weight excluding hydrogens is 452 g/mol. The number of aliphatic hydroxyl groups excluding tert-OH is 2. The molecule has 34 heavy (non-hydrogen) atoms. The molecule has 0 bridgehead atoms. The van der Waals surface area contributed by atoms with E-state index in [-0.39, 0.29) is 17.5 Å². The molecule has 2 aliphatic heterocycles. The van der Waals surface area contributed by atoms with Crippen LogP contribution in [0.3, 0.4) is 0 Å². The molecule has 0 radical (unpaired) electrons. The summed E-state index contributed by atoms with van der Waals surface area (Å²) in [6, 6.07) is 3.89. The average Bonchev–Trinajstić information content (AvgIpc) is 2.77. The molecule has 182 valence electrons. The third-order valence-corrected chi connectivity index (χ3v) is 6.17. The number of benzene rings is 1. The Morgan fingerprint density at radius 1 is 1.18 bits per heavy atom. The maximum atomic E-state index is 13.7. The number of carbonyl (C=O) groups is 4. The van der Waals surface area contributed by atoms with Crippen molar-refractivity contribution in [3.8, 4) is 5.75 Å². The molecule has 3 aliphatic rings. The van der Waals surface area contributed by atoms with Gasteiger partial charge in [-0.1, -0.05) is 12.1 Å². The lowest BCUT2D eigenvalue weighted by atomic mass is 9.72. The van der Waals surface area contributed by atoms with Gasteiger partial charge in [-0.2, -0.15) is 0 Å². The molecule has 2 heterocycles. The fraction of sp³-hybridized carbons (Fsp3) is 0.478. The quantitative estimate of drug-likeness (QED) is 0.510. The molecule has 1 aromatic rings. The van der Waals surface area contributed by atoms with Crippen LogP contribution < -0.4 is 0 Å². The predicted octanol–water partition coefficient (Wildman–Crippen LogP) is 0.188. The molecule has 11 nitrogen and oxygen atoms in total. The first kappa shape index (κ1) is 24.0. The van der Waals surface area contributed by atoms with Crippen molar-refractivity contribution in [1.29, 1.82) is 0 Å². The number of hydrogen-bond acceptors (Lipinski definition) is 11. The van der Waals surface area contributed by atoms with E-state index >= 15 is 0 Å². The first-order valence-electron chi connectivity index (χ1n) is 10.6. The van der Waals surface area contributed by atoms with Gasteiger partial charge in [-0.05, 0) is 13.0 Å². The summed E-state index contributed by atoms with van der Waals surface area (Å²) in [6.45, 7) is 2.72. The number of fused-ring (bicyclic) bond motifs is 2. The van der Waals surface area contributed by atoms with Gasteiger partial charge >= 0.3 is 11.9 Å². The summed E-state index contributed by atoms with van der Waals surface area (Å²) in [4.78, 5) is 50.8. The minimum Gasteiger partial charge on any atom is -0.507 e. The first-order valence-corrected chi connectivity index (χ1v) is 10.6. The molecule has 1 fully saturated rings. The zero-order valence-electron chi connectivity index (χ0n) is 18.6. The van der Waals surface area contributed by atoms with Gasteiger partial charge in [0.15, 0.2) is 11.6 Å². The number of phenols is 1. The monoisotopic (exact) mass is 476 g/mol. The summed E-state index contributed by atoms with van der Waals surface area (Å²) in [6.07, 6.45) is -7.45. The third-order valence-electron chi connectivity index (χ3n) is 6.17. The number of methoxy groups -OCH3 is 1. The largest absolute Gasteiger partial charge is 0.507 e. The zero-order valence-corrected chi connectivity index (χ0v) is 18.6. The highest BCUT2D eigenvalue weighted by Crippen LogP contribution is 2.49. The number of rotatable bonds is 3. The first-order chi connectivity index (χ1) is 16.0. The van der Waals surface area contributed by atoms with Crippen LogP contribution in [0.15, 0.2) is 29.3 Å². The number of aromatic hydroxyl groups is 1. The van der Waals surface area contributed by atoms with Crippen molar-refractivity contribution >= 4 is 23.5 Å². The van der Waals surface area contributed by atoms with Gasteiger partial charge in [0.05, 0.1) is 30.8 Å². The second-order valence-electron chi connectivity index (χ2n) is 8.45. The lowest BCUT2D eigenvalue weighted by Gasteiger charge is -2.52. The van der Waals surface area contributed by atoms with Gasteiger partial charge in [0.1, 0.15) is 30.2 Å². The topological polar surface area (TPSA) is 166 Å². The molecule has 4 rings (SSSR count). The number of phenolic OH excluding ortho intramolecular Hbond substituents is 1. The van der Waals surface area contributed by atoms with Gasteiger partial charge in [0.2, 0.25) is 5.79 Å². The molecule has 3 N–H and O–H groups in total. The van der Waals surface area contributed by atoms with E-state index in [9.17, 15) is 34.5 Å². The fourth-order valence-corrected chi connectivity index (χ4v) is 4.78. The van der Waals surface area contributed by atoms with Crippen molar-refractivity contribution in [3.63, 3.8) is 0 Å². The van der Waals surface area contributed by atoms with E-state index < -0.39 is 83.1 Å². The second-order valence-corrected chi connectivity index (χ2v) is 8.45. The van der Waals surface area contributed by atoms with Crippen molar-refractivity contribution in [2.45, 2.75) is 63.0 Å². The van der Waals surface area contributed by atoms with Gasteiger partial charge < -0.3 is 34.3 Å². The highest BCUT2D eigenvalue weighted by atomic mass is 16.7. The molecular formula is C23H24O11. The van der Waals surface area contributed by atoms with Gasteiger partial charge in [-0.15, -0.1) is 0 Å². The van der Waals surface area contributed by atoms with E-state index in [0.717, 1.165) is 14.0 Å². The number of ether oxygens (including phenoxy) is 4. The number of aliphatic hydroxyl groups is 2. The summed E-state index contributed by atoms with van der Waals surface area (Å²) >= 11 is 0. The summed E-state index contributed by atoms with van der Waals surface area (Å²) < 4.78 is 21.7. The minimum atomic E-state index is -2.38. The van der Waals surface area contributed by atoms with Crippen LogP contribution in [0, 0.1) is 0 Å². The smallest absolute Gasteiger partial charge is 0.308 e. The Balaban J connectivity index is 1.95. The number of ketones is 2. The maximum Gasteiger partial charge on any atom is 0.308 e. The molecule has 11 heteroatoms. The van der Waals surface area contributed by atoms with E-state index in [1.165, 1.54) is 18.2 Å². The molecule has 0 amide bonds. The molecule has 0 aromatic heterocycles. The Morgan fingerprint density at radius 3 is 2.53 bits per heavy atom. The van der Waals surface area contributed by atoms with E-state index in [1.807, 2.05) is 0 Å². The lowest BCUT2D eigenvalue weighted by Crippen LogP contribution is -2.67. The van der Waals surface area contributed by atoms with Crippen LogP contribution in [0.4, 0.5) is 0 Å². The Kier molecular flexibility index (Phi) is 6.06. The molecule has 0 unspecified atom stereocenters. The summed E-state index contributed by atoms with van der Waals surface area (Å²) in [7, 11) is 1.12. The van der Waals surface area contributed by atoms with Crippen LogP contribution in [0.1, 0.15) is 47.4 Å². The molecule has 1 aliphatic carbocycles. The van der Waals surface area contributed by atoms with Gasteiger partial charge in [-0.3, -0.25) is 19.2 Å². The minimum absolute atomic E-state index is 0.0443. The highest BCUT2D eigenvalue weighted by molar-refractivity contribution is 6.29. The SMILES string of the molecule is COC(=O)C[C@@H]1O[C@@]2(O[C@@H](C)C[C@H](OC(C)=O)[C@@H]2O)C2=C(C(=O)c3cccc(O)c3C2=O)[C@@H]1O. The summed E-state index contributed by atoms with van der Waals surface area (Å²) in [5.74, 6) is -6.07. The van der Waals surface area contributed by atoms with E-state index in [2.05, 4.69) is 4.74 Å². The van der Waals surface area contributed by atoms with Crippen LogP contribution >= 0.6 is 0 Å². The fourth-order valence-electron chi connectivity index (χ4n) is 4.78. The maximum absolute atomic E-state index is 13.7. The molecule has 1 spiro atoms. The number of carbonyl (C=O) groups excluding carboxylic acids is 4. The van der Waals surface area contributed by atoms with Gasteiger partial charge in [0, 0.05) is 24.5 Å². The van der Waals surface area contributed by atoms with E-state index in [4.69, 9.17) is 14.2 Å². The summed E-state index contributed by atoms with van der Waals surface area (Å²) in [5.41, 5.74) is -1.45. The normalized spacial score (nSPS) is 32.8. The second kappa shape index (κ2) is 8.58. The van der Waals surface area contributed by atoms with Crippen LogP contribution in [-0.4, -0.2) is 82.2 Å². The highest BCUT2D eigenvalue weighted by Gasteiger charge is 2.63. The Labute approximate surface area is 193 Å². The van der Waals surface area contributed by atoms with E-state index in [1.54, 1.807) is 6.92 Å². The Bertz CT molecular complexity index is 1110. The van der Waals surface area contributed by atoms with Crippen LogP contribution in [-0.2, 0) is 28.5 Å². The predicted molar refractivity (Wildman–Crippen MR) is 111 cm³/mol. The third kappa shape index (κ3) is 3.61. The van der Waals surface area contributed by atoms with Gasteiger partial charge in [-0.25, -0.2) is 0 Å². The molecule has 6 atom stereocenters. The zero-order chi connectivity index (χ0) is 24.9. The Morgan fingerprint density at radius 2 is 1.88 bits per heavy atom. The average molecular weight is 476 g/mol. The number of hydrogen-bond donors (Lipinski definition) is 3. The van der Waals surface area contributed by atoms with Crippen molar-refractivity contribution in [3.05, 3.63) is 40.5 Å². The van der Waals surface area contributed by atoms with E-state index in [0.29, 0.717) is 0 Å². The van der Waals surface area contributed by atoms with Gasteiger partial charge in [0.25, 0.3) is 0 Å². The number of Topliss-reactive ketones (excluding diaryl/α,β-unsaturated/α-hetero) is 2. The van der Waals surface area contributed by atoms with Crippen LogP contribution in [0.25, 0.3) is 0 Å². The van der Waals surface area contributed by atoms with Crippen molar-refractivity contribution in [2.75, 3.05) is 7.11 Å². The molecule has 0 saturated carbocycles. The van der Waals surface area contributed by atoms with Crippen molar-refractivity contribution < 1.29 is 53.4 Å². The Hall–Kier alpha value is -3.12. The molecule has 1 aromatic carbocycles.